The lowest BCUT2D eigenvalue weighted by Gasteiger charge is -2.14. The molecule has 2 N–H and O–H groups in total. The number of benzene rings is 1. The van der Waals surface area contributed by atoms with Gasteiger partial charge in [-0.1, -0.05) is 6.92 Å². The number of aromatic nitrogens is 3. The fourth-order valence-electron chi connectivity index (χ4n) is 3.68. The van der Waals surface area contributed by atoms with E-state index in [2.05, 4.69) is 19.9 Å². The third-order valence-electron chi connectivity index (χ3n) is 5.10. The van der Waals surface area contributed by atoms with Gasteiger partial charge in [-0.3, -0.25) is 9.82 Å². The van der Waals surface area contributed by atoms with Gasteiger partial charge in [0.2, 0.25) is 10.0 Å². The van der Waals surface area contributed by atoms with Crippen molar-refractivity contribution in [3.63, 3.8) is 0 Å². The number of sulfonamides is 1. The van der Waals surface area contributed by atoms with Gasteiger partial charge in [-0.05, 0) is 36.6 Å². The molecule has 1 aromatic carbocycles. The van der Waals surface area contributed by atoms with Crippen LogP contribution in [-0.4, -0.2) is 49.7 Å². The molecular weight excluding hydrogens is 411 g/mol. The zero-order chi connectivity index (χ0) is 21.3. The molecule has 8 nitrogen and oxygen atoms in total. The second-order valence-electron chi connectivity index (χ2n) is 7.25. The van der Waals surface area contributed by atoms with Crippen molar-refractivity contribution in [3.05, 3.63) is 35.9 Å². The molecule has 0 radical (unpaired) electrons. The van der Waals surface area contributed by atoms with Gasteiger partial charge >= 0.3 is 0 Å². The highest BCUT2D eigenvalue weighted by Gasteiger charge is 2.23. The first-order valence-electron chi connectivity index (χ1n) is 9.72. The summed E-state index contributed by atoms with van der Waals surface area (Å²) in [6, 6.07) is 4.74. The minimum absolute atomic E-state index is 0.0534. The molecule has 2 aromatic heterocycles. The third kappa shape index (κ3) is 3.97. The van der Waals surface area contributed by atoms with E-state index in [4.69, 9.17) is 9.47 Å². The van der Waals surface area contributed by atoms with E-state index in [1.807, 2.05) is 6.07 Å². The number of hydrogen-bond donors (Lipinski definition) is 2. The Hall–Kier alpha value is -2.72. The lowest BCUT2D eigenvalue weighted by Crippen LogP contribution is -2.17. The second-order valence-corrected chi connectivity index (χ2v) is 9.09. The molecule has 1 saturated heterocycles. The van der Waals surface area contributed by atoms with Crippen LogP contribution in [0, 0.1) is 5.82 Å². The zero-order valence-corrected chi connectivity index (χ0v) is 17.6. The minimum Gasteiger partial charge on any atom is -0.492 e. The van der Waals surface area contributed by atoms with Crippen LogP contribution >= 0.6 is 0 Å². The van der Waals surface area contributed by atoms with Gasteiger partial charge in [0.15, 0.2) is 17.2 Å². The van der Waals surface area contributed by atoms with Crippen LogP contribution < -0.4 is 9.46 Å². The van der Waals surface area contributed by atoms with E-state index in [0.717, 1.165) is 17.5 Å². The van der Waals surface area contributed by atoms with E-state index in [-0.39, 0.29) is 23.1 Å². The van der Waals surface area contributed by atoms with Crippen LogP contribution in [0.2, 0.25) is 0 Å². The third-order valence-corrected chi connectivity index (χ3v) is 6.57. The van der Waals surface area contributed by atoms with Gasteiger partial charge in [-0.25, -0.2) is 17.8 Å². The van der Waals surface area contributed by atoms with Crippen molar-refractivity contribution in [3.8, 4) is 16.9 Å². The zero-order valence-electron chi connectivity index (χ0n) is 16.7. The number of aromatic amines is 1. The van der Waals surface area contributed by atoms with Crippen LogP contribution in [0.1, 0.15) is 31.4 Å². The summed E-state index contributed by atoms with van der Waals surface area (Å²) in [5.41, 5.74) is 2.68. The number of halogens is 1. The summed E-state index contributed by atoms with van der Waals surface area (Å²) in [5.74, 6) is -0.686. The standard InChI is InChI=1S/C20H23FN4O4S/c1-3-6-30(26,27)25-17-9-13(8-16(21)19(17)28-2)14-7-15-18(12-4-5-29-11-12)23-24-20(15)22-10-14/h7-10,12,25H,3-6,11H2,1-2H3,(H,22,23,24). The van der Waals surface area contributed by atoms with Crippen molar-refractivity contribution < 1.29 is 22.3 Å². The van der Waals surface area contributed by atoms with E-state index in [1.54, 1.807) is 19.2 Å². The molecule has 1 aliphatic rings. The SMILES string of the molecule is CCCS(=O)(=O)Nc1cc(-c2cnc3n[nH]c(C4CCOC4)c3c2)cc(F)c1OC. The predicted molar refractivity (Wildman–Crippen MR) is 112 cm³/mol. The number of methoxy groups -OCH3 is 1. The van der Waals surface area contributed by atoms with Crippen molar-refractivity contribution in [2.24, 2.45) is 0 Å². The minimum atomic E-state index is -3.62. The summed E-state index contributed by atoms with van der Waals surface area (Å²) in [7, 11) is -2.32. The van der Waals surface area contributed by atoms with Gasteiger partial charge in [-0.15, -0.1) is 0 Å². The molecule has 30 heavy (non-hydrogen) atoms. The van der Waals surface area contributed by atoms with E-state index >= 15 is 0 Å². The molecule has 1 unspecified atom stereocenters. The van der Waals surface area contributed by atoms with Gasteiger partial charge < -0.3 is 9.47 Å². The summed E-state index contributed by atoms with van der Waals surface area (Å²) >= 11 is 0. The van der Waals surface area contributed by atoms with E-state index in [9.17, 15) is 12.8 Å². The molecule has 4 rings (SSSR count). The number of rotatable bonds is 7. The van der Waals surface area contributed by atoms with Crippen LogP contribution in [0.4, 0.5) is 10.1 Å². The molecule has 1 fully saturated rings. The Labute approximate surface area is 173 Å². The first-order valence-corrected chi connectivity index (χ1v) is 11.4. The summed E-state index contributed by atoms with van der Waals surface area (Å²) < 4.78 is 52.2. The maximum Gasteiger partial charge on any atom is 0.232 e. The Bertz CT molecular complexity index is 1170. The lowest BCUT2D eigenvalue weighted by molar-refractivity contribution is 0.193. The van der Waals surface area contributed by atoms with E-state index < -0.39 is 15.8 Å². The Kier molecular flexibility index (Phi) is 5.61. The Morgan fingerprint density at radius 3 is 2.87 bits per heavy atom. The fourth-order valence-corrected chi connectivity index (χ4v) is 4.81. The molecule has 10 heteroatoms. The monoisotopic (exact) mass is 434 g/mol. The largest absolute Gasteiger partial charge is 0.492 e. The van der Waals surface area contributed by atoms with Crippen molar-refractivity contribution in [1.29, 1.82) is 0 Å². The highest BCUT2D eigenvalue weighted by molar-refractivity contribution is 7.92. The molecule has 0 saturated carbocycles. The first kappa shape index (κ1) is 20.5. The molecule has 160 valence electrons. The van der Waals surface area contributed by atoms with Crippen molar-refractivity contribution in [2.45, 2.75) is 25.7 Å². The molecular formula is C20H23FN4O4S. The molecule has 0 bridgehead atoms. The highest BCUT2D eigenvalue weighted by Crippen LogP contribution is 2.36. The number of anilines is 1. The van der Waals surface area contributed by atoms with Crippen LogP contribution in [0.5, 0.6) is 5.75 Å². The van der Waals surface area contributed by atoms with E-state index in [0.29, 0.717) is 36.4 Å². The summed E-state index contributed by atoms with van der Waals surface area (Å²) in [6.45, 7) is 3.07. The molecule has 0 amide bonds. The molecule has 0 aliphatic carbocycles. The molecule has 3 heterocycles. The van der Waals surface area contributed by atoms with Gasteiger partial charge in [-0.2, -0.15) is 5.10 Å². The number of nitrogens with one attached hydrogen (secondary N) is 2. The van der Waals surface area contributed by atoms with Crippen molar-refractivity contribution >= 4 is 26.7 Å². The second kappa shape index (κ2) is 8.19. The molecule has 1 atom stereocenters. The molecule has 3 aromatic rings. The Morgan fingerprint density at radius 2 is 2.17 bits per heavy atom. The lowest BCUT2D eigenvalue weighted by atomic mass is 10.00. The smallest absolute Gasteiger partial charge is 0.232 e. The number of hydrogen-bond acceptors (Lipinski definition) is 6. The van der Waals surface area contributed by atoms with Crippen LogP contribution in [-0.2, 0) is 14.8 Å². The highest BCUT2D eigenvalue weighted by atomic mass is 32.2. The van der Waals surface area contributed by atoms with Gasteiger partial charge in [0.25, 0.3) is 0 Å². The number of fused-ring (bicyclic) bond motifs is 1. The average molecular weight is 434 g/mol. The fraction of sp³-hybridized carbons (Fsp3) is 0.400. The van der Waals surface area contributed by atoms with Crippen LogP contribution in [0.25, 0.3) is 22.2 Å². The van der Waals surface area contributed by atoms with Gasteiger partial charge in [0, 0.05) is 29.7 Å². The van der Waals surface area contributed by atoms with Crippen LogP contribution in [0.15, 0.2) is 24.4 Å². The number of nitrogens with zero attached hydrogens (tertiary/aromatic N) is 2. The first-order chi connectivity index (χ1) is 14.4. The maximum absolute atomic E-state index is 14.7. The number of pyridine rings is 1. The average Bonchev–Trinajstić information content (AvgIpc) is 3.36. The summed E-state index contributed by atoms with van der Waals surface area (Å²) in [5, 5.41) is 8.13. The normalized spacial score (nSPS) is 16.8. The summed E-state index contributed by atoms with van der Waals surface area (Å²) in [4.78, 5) is 4.38. The Balaban J connectivity index is 1.78. The van der Waals surface area contributed by atoms with Crippen molar-refractivity contribution in [2.75, 3.05) is 30.8 Å². The molecule has 1 aliphatic heterocycles. The molecule has 0 spiro atoms. The Morgan fingerprint density at radius 1 is 1.33 bits per heavy atom. The van der Waals surface area contributed by atoms with E-state index in [1.165, 1.54) is 13.2 Å². The van der Waals surface area contributed by atoms with Crippen molar-refractivity contribution in [1.82, 2.24) is 15.2 Å². The summed E-state index contributed by atoms with van der Waals surface area (Å²) in [6.07, 6.45) is 2.92. The number of H-pyrrole nitrogens is 1. The van der Waals surface area contributed by atoms with Gasteiger partial charge in [0.05, 0.1) is 30.9 Å². The predicted octanol–water partition coefficient (Wildman–Crippen LogP) is 3.43. The van der Waals surface area contributed by atoms with Gasteiger partial charge in [0.1, 0.15) is 0 Å². The number of ether oxygens (including phenoxy) is 2. The quantitative estimate of drug-likeness (QED) is 0.590. The maximum atomic E-state index is 14.7. The van der Waals surface area contributed by atoms with Crippen LogP contribution in [0.3, 0.4) is 0 Å². The topological polar surface area (TPSA) is 106 Å².